The zero-order valence-corrected chi connectivity index (χ0v) is 18.3. The number of amides is 2. The number of aliphatic imine (C=N–C) groups is 2. The lowest BCUT2D eigenvalue weighted by molar-refractivity contribution is -0.118. The van der Waals surface area contributed by atoms with Gasteiger partial charge in [-0.2, -0.15) is 4.99 Å². The molecule has 1 N–H and O–H groups in total. The number of allylic oxidation sites excluding steroid dienone is 3. The van der Waals surface area contributed by atoms with Crippen molar-refractivity contribution in [2.24, 2.45) is 23.0 Å². The van der Waals surface area contributed by atoms with Gasteiger partial charge in [0.05, 0.1) is 17.4 Å². The molecule has 0 radical (unpaired) electrons. The molecule has 31 heavy (non-hydrogen) atoms. The van der Waals surface area contributed by atoms with Crippen molar-refractivity contribution in [1.82, 2.24) is 14.8 Å². The molecular weight excluding hydrogens is 412 g/mol. The lowest BCUT2D eigenvalue weighted by atomic mass is 9.96. The number of thioether (sulfide) groups is 1. The van der Waals surface area contributed by atoms with Gasteiger partial charge >= 0.3 is 0 Å². The van der Waals surface area contributed by atoms with E-state index in [0.29, 0.717) is 22.5 Å². The second kappa shape index (κ2) is 8.81. The zero-order chi connectivity index (χ0) is 22.0. The minimum Gasteiger partial charge on any atom is -0.325 e. The molecule has 2 aromatic rings. The van der Waals surface area contributed by atoms with Crippen molar-refractivity contribution in [2.75, 3.05) is 5.32 Å². The Kier molecular flexibility index (Phi) is 5.94. The third kappa shape index (κ3) is 4.56. The van der Waals surface area contributed by atoms with E-state index in [1.54, 1.807) is 10.6 Å². The number of aryl methyl sites for hydroxylation is 1. The van der Waals surface area contributed by atoms with Crippen molar-refractivity contribution in [3.8, 4) is 0 Å². The van der Waals surface area contributed by atoms with Gasteiger partial charge in [-0.15, -0.1) is 10.2 Å². The van der Waals surface area contributed by atoms with Crippen LogP contribution in [0.1, 0.15) is 18.3 Å². The molecule has 8 nitrogen and oxygen atoms in total. The maximum atomic E-state index is 12.4. The summed E-state index contributed by atoms with van der Waals surface area (Å²) in [6, 6.07) is 7.61. The number of nitrogens with one attached hydrogen (secondary N) is 1. The number of hydrogen-bond donors (Lipinski definition) is 1. The zero-order valence-electron chi connectivity index (χ0n) is 17.4. The van der Waals surface area contributed by atoms with Crippen LogP contribution in [-0.2, 0) is 23.1 Å². The van der Waals surface area contributed by atoms with Crippen LogP contribution in [0.4, 0.5) is 5.69 Å². The molecule has 1 aliphatic heterocycles. The number of anilines is 1. The van der Waals surface area contributed by atoms with Gasteiger partial charge in [0.2, 0.25) is 5.91 Å². The Morgan fingerprint density at radius 3 is 2.84 bits per heavy atom. The Labute approximate surface area is 184 Å². The SMILES string of the molecule is Cc1ccccc1NC(=O)Cc1nnc(SC(C)C2=NC(=O)C3C=CC=CC3=N2)n1C. The lowest BCUT2D eigenvalue weighted by Gasteiger charge is -2.20. The Balaban J connectivity index is 1.43. The van der Waals surface area contributed by atoms with Crippen molar-refractivity contribution < 1.29 is 9.59 Å². The number of carbonyl (C=O) groups is 2. The number of amidine groups is 1. The highest BCUT2D eigenvalue weighted by molar-refractivity contribution is 8.00. The Hall–Kier alpha value is -3.33. The fourth-order valence-corrected chi connectivity index (χ4v) is 4.11. The number of rotatable bonds is 6. The smallest absolute Gasteiger partial charge is 0.260 e. The van der Waals surface area contributed by atoms with Crippen molar-refractivity contribution in [3.63, 3.8) is 0 Å². The van der Waals surface area contributed by atoms with Gasteiger partial charge in [0.15, 0.2) is 5.16 Å². The maximum Gasteiger partial charge on any atom is 0.260 e. The quantitative estimate of drug-likeness (QED) is 0.705. The van der Waals surface area contributed by atoms with Crippen molar-refractivity contribution in [3.05, 3.63) is 60.0 Å². The van der Waals surface area contributed by atoms with Crippen LogP contribution >= 0.6 is 11.8 Å². The molecule has 158 valence electrons. The molecule has 4 rings (SSSR count). The van der Waals surface area contributed by atoms with E-state index in [0.717, 1.165) is 11.3 Å². The first-order valence-corrected chi connectivity index (χ1v) is 10.8. The van der Waals surface area contributed by atoms with E-state index >= 15 is 0 Å². The number of nitrogens with zero attached hydrogens (tertiary/aromatic N) is 5. The predicted octanol–water partition coefficient (Wildman–Crippen LogP) is 2.91. The maximum absolute atomic E-state index is 12.4. The van der Waals surface area contributed by atoms with Crippen LogP contribution in [-0.4, -0.2) is 43.4 Å². The molecule has 1 aromatic carbocycles. The Morgan fingerprint density at radius 1 is 1.23 bits per heavy atom. The average molecular weight is 435 g/mol. The minimum atomic E-state index is -0.390. The predicted molar refractivity (Wildman–Crippen MR) is 121 cm³/mol. The molecule has 2 unspecified atom stereocenters. The van der Waals surface area contributed by atoms with Gasteiger partial charge in [0, 0.05) is 12.7 Å². The van der Waals surface area contributed by atoms with Crippen LogP contribution in [0.25, 0.3) is 0 Å². The molecule has 0 saturated heterocycles. The molecule has 1 aromatic heterocycles. The molecular formula is C22H22N6O2S. The average Bonchev–Trinajstić information content (AvgIpc) is 3.09. The lowest BCUT2D eigenvalue weighted by Crippen LogP contribution is -2.30. The second-order valence-electron chi connectivity index (χ2n) is 7.32. The van der Waals surface area contributed by atoms with Crippen LogP contribution in [0.5, 0.6) is 0 Å². The summed E-state index contributed by atoms with van der Waals surface area (Å²) >= 11 is 1.40. The van der Waals surface area contributed by atoms with Gasteiger partial charge in [0.25, 0.3) is 5.91 Å². The first-order chi connectivity index (χ1) is 14.9. The number of aromatic nitrogens is 3. The molecule has 0 spiro atoms. The van der Waals surface area contributed by atoms with Crippen molar-refractivity contribution in [1.29, 1.82) is 0 Å². The third-order valence-electron chi connectivity index (χ3n) is 5.04. The summed E-state index contributed by atoms with van der Waals surface area (Å²) in [5.74, 6) is 0.252. The van der Waals surface area contributed by atoms with Crippen LogP contribution in [0.15, 0.2) is 63.7 Å². The number of benzene rings is 1. The number of hydrogen-bond acceptors (Lipinski definition) is 6. The van der Waals surface area contributed by atoms with Gasteiger partial charge in [-0.05, 0) is 31.6 Å². The second-order valence-corrected chi connectivity index (χ2v) is 8.63. The number of fused-ring (bicyclic) bond motifs is 1. The standard InChI is InChI=1S/C22H22N6O2S/c1-13-8-4-6-10-16(13)23-19(29)12-18-26-27-22(28(18)3)31-14(2)20-24-17-11-7-5-9-15(17)21(30)25-20/h4-11,14-15H,12H2,1-3H3,(H,23,29). The van der Waals surface area contributed by atoms with E-state index in [1.165, 1.54) is 11.8 Å². The van der Waals surface area contributed by atoms with E-state index in [2.05, 4.69) is 25.5 Å². The van der Waals surface area contributed by atoms with Crippen LogP contribution in [0.2, 0.25) is 0 Å². The highest BCUT2D eigenvalue weighted by atomic mass is 32.2. The molecule has 2 heterocycles. The van der Waals surface area contributed by atoms with Crippen molar-refractivity contribution >= 4 is 40.8 Å². The van der Waals surface area contributed by atoms with E-state index < -0.39 is 0 Å². The van der Waals surface area contributed by atoms with Gasteiger partial charge in [-0.3, -0.25) is 9.59 Å². The first kappa shape index (κ1) is 20.9. The summed E-state index contributed by atoms with van der Waals surface area (Å²) < 4.78 is 1.78. The molecule has 2 atom stereocenters. The van der Waals surface area contributed by atoms with Gasteiger partial charge < -0.3 is 9.88 Å². The topological polar surface area (TPSA) is 102 Å². The van der Waals surface area contributed by atoms with E-state index in [-0.39, 0.29) is 29.4 Å². The summed E-state index contributed by atoms with van der Waals surface area (Å²) in [7, 11) is 1.82. The van der Waals surface area contributed by atoms with E-state index in [4.69, 9.17) is 0 Å². The summed E-state index contributed by atoms with van der Waals surface area (Å²) in [5.41, 5.74) is 2.48. The van der Waals surface area contributed by atoms with E-state index in [9.17, 15) is 9.59 Å². The first-order valence-electron chi connectivity index (χ1n) is 9.88. The molecule has 9 heteroatoms. The Bertz CT molecular complexity index is 1160. The third-order valence-corrected chi connectivity index (χ3v) is 6.17. The van der Waals surface area contributed by atoms with Gasteiger partial charge in [-0.1, -0.05) is 48.2 Å². The number of carbonyl (C=O) groups excluding carboxylic acids is 2. The summed E-state index contributed by atoms with van der Waals surface area (Å²) in [5, 5.41) is 11.7. The highest BCUT2D eigenvalue weighted by Crippen LogP contribution is 2.26. The summed E-state index contributed by atoms with van der Waals surface area (Å²) in [6.07, 6.45) is 7.43. The molecule has 2 amide bonds. The minimum absolute atomic E-state index is 0.104. The molecule has 0 fully saturated rings. The summed E-state index contributed by atoms with van der Waals surface area (Å²) in [4.78, 5) is 33.5. The normalized spacial score (nSPS) is 18.3. The van der Waals surface area contributed by atoms with Gasteiger partial charge in [0.1, 0.15) is 17.6 Å². The van der Waals surface area contributed by atoms with E-state index in [1.807, 2.05) is 63.4 Å². The molecule has 1 aliphatic carbocycles. The monoisotopic (exact) mass is 434 g/mol. The fourth-order valence-electron chi connectivity index (χ4n) is 3.23. The molecule has 0 bridgehead atoms. The highest BCUT2D eigenvalue weighted by Gasteiger charge is 2.29. The van der Waals surface area contributed by atoms with Crippen LogP contribution in [0, 0.1) is 12.8 Å². The van der Waals surface area contributed by atoms with Crippen LogP contribution < -0.4 is 5.32 Å². The van der Waals surface area contributed by atoms with Crippen LogP contribution in [0.3, 0.4) is 0 Å². The molecule has 0 saturated carbocycles. The van der Waals surface area contributed by atoms with Gasteiger partial charge in [-0.25, -0.2) is 4.99 Å². The van der Waals surface area contributed by atoms with Crippen molar-refractivity contribution in [2.45, 2.75) is 30.7 Å². The number of para-hydroxylation sites is 1. The molecule has 2 aliphatic rings. The largest absolute Gasteiger partial charge is 0.325 e. The fraction of sp³-hybridized carbons (Fsp3) is 0.273. The Morgan fingerprint density at radius 2 is 2.03 bits per heavy atom. The summed E-state index contributed by atoms with van der Waals surface area (Å²) in [6.45, 7) is 3.86.